The lowest BCUT2D eigenvalue weighted by Gasteiger charge is -2.26. The van der Waals surface area contributed by atoms with Crippen LogP contribution in [0.2, 0.25) is 0 Å². The third-order valence-corrected chi connectivity index (χ3v) is 6.63. The van der Waals surface area contributed by atoms with Gasteiger partial charge in [0.1, 0.15) is 17.9 Å². The van der Waals surface area contributed by atoms with Crippen LogP contribution in [0, 0.1) is 7.14 Å². The first kappa shape index (κ1) is 24.9. The summed E-state index contributed by atoms with van der Waals surface area (Å²) < 4.78 is 7.45. The van der Waals surface area contributed by atoms with Gasteiger partial charge in [-0.05, 0) is 98.8 Å². The number of hydrogen-bond donors (Lipinski definition) is 2. The highest BCUT2D eigenvalue weighted by Gasteiger charge is 2.36. The van der Waals surface area contributed by atoms with Crippen molar-refractivity contribution in [3.05, 3.63) is 96.1 Å². The predicted octanol–water partition coefficient (Wildman–Crippen LogP) is 4.84. The van der Waals surface area contributed by atoms with E-state index in [1.54, 1.807) is 54.6 Å². The first-order valence-corrected chi connectivity index (χ1v) is 12.3. The van der Waals surface area contributed by atoms with Gasteiger partial charge in [-0.25, -0.2) is 14.5 Å². The molecule has 0 aromatic heterocycles. The number of aromatic carboxylic acids is 1. The Bertz CT molecular complexity index is 1350. The van der Waals surface area contributed by atoms with Crippen LogP contribution < -0.4 is 15.0 Å². The molecule has 4 amide bonds. The number of para-hydroxylation sites is 1. The summed E-state index contributed by atoms with van der Waals surface area (Å²) in [6.07, 6.45) is 1.44. The lowest BCUT2D eigenvalue weighted by atomic mass is 10.1. The van der Waals surface area contributed by atoms with E-state index in [4.69, 9.17) is 9.84 Å². The predicted molar refractivity (Wildman–Crippen MR) is 145 cm³/mol. The van der Waals surface area contributed by atoms with Crippen LogP contribution in [0.1, 0.15) is 21.5 Å². The number of imide groups is 2. The minimum atomic E-state index is -0.993. The van der Waals surface area contributed by atoms with E-state index in [1.807, 2.05) is 0 Å². The van der Waals surface area contributed by atoms with E-state index in [-0.39, 0.29) is 17.7 Å². The molecule has 176 valence electrons. The third kappa shape index (κ3) is 5.53. The molecule has 1 heterocycles. The number of amides is 4. The lowest BCUT2D eigenvalue weighted by molar-refractivity contribution is -0.122. The smallest absolute Gasteiger partial charge is 0.335 e. The number of carboxylic acids is 1. The summed E-state index contributed by atoms with van der Waals surface area (Å²) in [6, 6.07) is 17.5. The van der Waals surface area contributed by atoms with Gasteiger partial charge in [0.25, 0.3) is 11.8 Å². The van der Waals surface area contributed by atoms with E-state index in [0.29, 0.717) is 17.0 Å². The van der Waals surface area contributed by atoms with Crippen LogP contribution in [0.5, 0.6) is 5.75 Å². The van der Waals surface area contributed by atoms with Crippen LogP contribution in [0.4, 0.5) is 10.5 Å². The zero-order valence-corrected chi connectivity index (χ0v) is 22.1. The van der Waals surface area contributed by atoms with Gasteiger partial charge in [0.2, 0.25) is 0 Å². The maximum Gasteiger partial charge on any atom is 0.335 e. The van der Waals surface area contributed by atoms with Crippen molar-refractivity contribution in [2.75, 3.05) is 4.90 Å². The number of hydrogen-bond acceptors (Lipinski definition) is 5. The highest BCUT2D eigenvalue weighted by molar-refractivity contribution is 14.1. The van der Waals surface area contributed by atoms with E-state index < -0.39 is 23.8 Å². The average molecular weight is 694 g/mol. The summed E-state index contributed by atoms with van der Waals surface area (Å²) in [4.78, 5) is 49.7. The number of barbiturate groups is 1. The SMILES string of the molecule is O=C1NC(=O)N(c2ccccc2)C(=O)C1=Cc1cc(I)c(OCc2ccc(C(=O)O)cc2)c(I)c1. The van der Waals surface area contributed by atoms with E-state index in [2.05, 4.69) is 50.5 Å². The van der Waals surface area contributed by atoms with E-state index in [1.165, 1.54) is 18.2 Å². The maximum atomic E-state index is 13.0. The Hall–Kier alpha value is -3.26. The largest absolute Gasteiger partial charge is 0.487 e. The molecule has 0 spiro atoms. The fourth-order valence-corrected chi connectivity index (χ4v) is 5.46. The molecule has 3 aromatic carbocycles. The summed E-state index contributed by atoms with van der Waals surface area (Å²) in [6.45, 7) is 0.237. The van der Waals surface area contributed by atoms with Crippen molar-refractivity contribution in [1.29, 1.82) is 0 Å². The molecule has 0 radical (unpaired) electrons. The van der Waals surface area contributed by atoms with Crippen molar-refractivity contribution < 1.29 is 29.0 Å². The number of carbonyl (C=O) groups is 4. The maximum absolute atomic E-state index is 13.0. The summed E-state index contributed by atoms with van der Waals surface area (Å²) in [5, 5.41) is 11.2. The minimum Gasteiger partial charge on any atom is -0.487 e. The van der Waals surface area contributed by atoms with Gasteiger partial charge in [0, 0.05) is 0 Å². The number of nitrogens with zero attached hydrogens (tertiary/aromatic N) is 1. The number of nitrogens with one attached hydrogen (secondary N) is 1. The van der Waals surface area contributed by atoms with Gasteiger partial charge in [-0.3, -0.25) is 14.9 Å². The van der Waals surface area contributed by atoms with Crippen molar-refractivity contribution >= 4 is 80.8 Å². The van der Waals surface area contributed by atoms with Gasteiger partial charge in [-0.2, -0.15) is 0 Å². The Morgan fingerprint density at radius 1 is 0.971 bits per heavy atom. The number of ether oxygens (including phenoxy) is 1. The Balaban J connectivity index is 1.56. The van der Waals surface area contributed by atoms with Crippen LogP contribution in [-0.2, 0) is 16.2 Å². The molecule has 35 heavy (non-hydrogen) atoms. The van der Waals surface area contributed by atoms with E-state index >= 15 is 0 Å². The summed E-state index contributed by atoms with van der Waals surface area (Å²) in [5.74, 6) is -1.84. The van der Waals surface area contributed by atoms with Gasteiger partial charge < -0.3 is 9.84 Å². The molecule has 1 fully saturated rings. The molecule has 0 bridgehead atoms. The zero-order valence-electron chi connectivity index (χ0n) is 17.8. The normalized spacial score (nSPS) is 14.7. The standard InChI is InChI=1S/C25H16I2N2O6/c26-19-11-15(12-20(27)21(19)35-13-14-6-8-16(9-7-14)24(32)33)10-18-22(30)28-25(34)29(23(18)31)17-4-2-1-3-5-17/h1-12H,13H2,(H,32,33)(H,28,30,34). The monoisotopic (exact) mass is 694 g/mol. The molecule has 0 saturated carbocycles. The second-order valence-electron chi connectivity index (χ2n) is 7.40. The summed E-state index contributed by atoms with van der Waals surface area (Å²) >= 11 is 4.21. The molecule has 8 nitrogen and oxygen atoms in total. The van der Waals surface area contributed by atoms with Crippen molar-refractivity contribution in [3.63, 3.8) is 0 Å². The fourth-order valence-electron chi connectivity index (χ4n) is 3.34. The second kappa shape index (κ2) is 10.6. The zero-order chi connectivity index (χ0) is 25.1. The van der Waals surface area contributed by atoms with Crippen molar-refractivity contribution in [2.24, 2.45) is 0 Å². The average Bonchev–Trinajstić information content (AvgIpc) is 2.82. The molecule has 1 aliphatic rings. The molecule has 1 saturated heterocycles. The molecule has 3 aromatic rings. The van der Waals surface area contributed by atoms with Crippen LogP contribution in [0.15, 0.2) is 72.3 Å². The minimum absolute atomic E-state index is 0.160. The Morgan fingerprint density at radius 2 is 1.60 bits per heavy atom. The third-order valence-electron chi connectivity index (χ3n) is 5.03. The fraction of sp³-hybridized carbons (Fsp3) is 0.0400. The highest BCUT2D eigenvalue weighted by Crippen LogP contribution is 2.31. The van der Waals surface area contributed by atoms with Gasteiger partial charge in [-0.15, -0.1) is 0 Å². The summed E-state index contributed by atoms with van der Waals surface area (Å²) in [7, 11) is 0. The van der Waals surface area contributed by atoms with Crippen LogP contribution in [-0.4, -0.2) is 28.9 Å². The number of carboxylic acid groups (broad SMARTS) is 1. The van der Waals surface area contributed by atoms with Crippen LogP contribution >= 0.6 is 45.2 Å². The molecule has 10 heteroatoms. The number of benzene rings is 3. The van der Waals surface area contributed by atoms with Gasteiger partial charge in [0.05, 0.1) is 18.4 Å². The molecular weight excluding hydrogens is 678 g/mol. The Morgan fingerprint density at radius 3 is 2.20 bits per heavy atom. The number of carbonyl (C=O) groups excluding carboxylic acids is 3. The summed E-state index contributed by atoms with van der Waals surface area (Å²) in [5.41, 5.74) is 1.80. The molecule has 0 aliphatic carbocycles. The topological polar surface area (TPSA) is 113 Å². The van der Waals surface area contributed by atoms with Crippen molar-refractivity contribution in [3.8, 4) is 5.75 Å². The van der Waals surface area contributed by atoms with E-state index in [9.17, 15) is 19.2 Å². The molecular formula is C25H16I2N2O6. The lowest BCUT2D eigenvalue weighted by Crippen LogP contribution is -2.54. The van der Waals surface area contributed by atoms with Crippen LogP contribution in [0.3, 0.4) is 0 Å². The number of halogens is 2. The first-order valence-electron chi connectivity index (χ1n) is 10.1. The molecule has 4 rings (SSSR count). The Labute approximate surface area is 227 Å². The number of anilines is 1. The van der Waals surface area contributed by atoms with Gasteiger partial charge in [-0.1, -0.05) is 30.3 Å². The van der Waals surface area contributed by atoms with Crippen molar-refractivity contribution in [2.45, 2.75) is 6.61 Å². The second-order valence-corrected chi connectivity index (χ2v) is 9.72. The van der Waals surface area contributed by atoms with Gasteiger partial charge in [0.15, 0.2) is 0 Å². The quantitative estimate of drug-likeness (QED) is 0.217. The molecule has 0 unspecified atom stereocenters. The Kier molecular flexibility index (Phi) is 7.50. The highest BCUT2D eigenvalue weighted by atomic mass is 127. The molecule has 2 N–H and O–H groups in total. The van der Waals surface area contributed by atoms with Crippen LogP contribution in [0.25, 0.3) is 6.08 Å². The van der Waals surface area contributed by atoms with Gasteiger partial charge >= 0.3 is 12.0 Å². The van der Waals surface area contributed by atoms with Crippen molar-refractivity contribution in [1.82, 2.24) is 5.32 Å². The van der Waals surface area contributed by atoms with E-state index in [0.717, 1.165) is 17.6 Å². The molecule has 0 atom stereocenters. The number of urea groups is 1. The first-order chi connectivity index (χ1) is 16.7. The number of rotatable bonds is 6. The molecule has 1 aliphatic heterocycles.